The van der Waals surface area contributed by atoms with Gasteiger partial charge in [-0.1, -0.05) is 36.4 Å². The summed E-state index contributed by atoms with van der Waals surface area (Å²) >= 11 is 0. The first kappa shape index (κ1) is 22.9. The molecule has 31 heavy (non-hydrogen) atoms. The highest BCUT2D eigenvalue weighted by atomic mass is 16.5. The molecule has 0 spiro atoms. The molecule has 0 bridgehead atoms. The van der Waals surface area contributed by atoms with E-state index in [9.17, 15) is 0 Å². The Morgan fingerprint density at radius 2 is 1.87 bits per heavy atom. The Morgan fingerprint density at radius 3 is 2.61 bits per heavy atom. The maximum atomic E-state index is 5.94. The van der Waals surface area contributed by atoms with Crippen LogP contribution in [0.3, 0.4) is 0 Å². The fourth-order valence-corrected chi connectivity index (χ4v) is 3.94. The highest BCUT2D eigenvalue weighted by molar-refractivity contribution is 5.80. The minimum Gasteiger partial charge on any atom is -0.493 e. The van der Waals surface area contributed by atoms with Crippen molar-refractivity contribution in [1.82, 2.24) is 10.2 Å². The minimum atomic E-state index is 0.550. The van der Waals surface area contributed by atoms with Gasteiger partial charge in [0.1, 0.15) is 0 Å². The number of ether oxygens (including phenoxy) is 3. The zero-order valence-corrected chi connectivity index (χ0v) is 19.0. The number of nitrogens with zero attached hydrogens (tertiary/aromatic N) is 2. The number of guanidine groups is 1. The van der Waals surface area contributed by atoms with Crippen LogP contribution in [0.25, 0.3) is 0 Å². The fraction of sp³-hybridized carbons (Fsp3) is 0.480. The molecule has 0 aliphatic carbocycles. The lowest BCUT2D eigenvalue weighted by atomic mass is 10.1. The molecule has 6 heteroatoms. The third-order valence-corrected chi connectivity index (χ3v) is 5.64. The van der Waals surface area contributed by atoms with Gasteiger partial charge in [0.15, 0.2) is 17.5 Å². The van der Waals surface area contributed by atoms with Gasteiger partial charge in [-0.3, -0.25) is 4.99 Å². The third kappa shape index (κ3) is 6.89. The van der Waals surface area contributed by atoms with E-state index in [1.165, 1.54) is 11.1 Å². The summed E-state index contributed by atoms with van der Waals surface area (Å²) in [6.45, 7) is 4.37. The summed E-state index contributed by atoms with van der Waals surface area (Å²) in [6.07, 6.45) is 3.13. The summed E-state index contributed by atoms with van der Waals surface area (Å²) in [4.78, 5) is 6.82. The van der Waals surface area contributed by atoms with Gasteiger partial charge >= 0.3 is 0 Å². The van der Waals surface area contributed by atoms with Crippen LogP contribution in [0.2, 0.25) is 0 Å². The number of hydrogen-bond donors (Lipinski definition) is 1. The second-order valence-electron chi connectivity index (χ2n) is 7.87. The molecule has 1 aliphatic heterocycles. The summed E-state index contributed by atoms with van der Waals surface area (Å²) in [6, 6.07) is 16.5. The Balaban J connectivity index is 1.36. The monoisotopic (exact) mass is 425 g/mol. The number of methoxy groups -OCH3 is 2. The van der Waals surface area contributed by atoms with Gasteiger partial charge in [0.25, 0.3) is 0 Å². The van der Waals surface area contributed by atoms with Crippen molar-refractivity contribution < 1.29 is 14.2 Å². The number of rotatable bonds is 10. The molecule has 2 aromatic rings. The summed E-state index contributed by atoms with van der Waals surface area (Å²) in [5.74, 6) is 3.08. The lowest BCUT2D eigenvalue weighted by Gasteiger charge is -2.22. The van der Waals surface area contributed by atoms with Crippen molar-refractivity contribution in [3.05, 3.63) is 59.7 Å². The van der Waals surface area contributed by atoms with Crippen LogP contribution >= 0.6 is 0 Å². The van der Waals surface area contributed by atoms with Crippen molar-refractivity contribution in [2.75, 3.05) is 47.5 Å². The Kier molecular flexibility index (Phi) is 9.03. The number of aryl methyl sites for hydroxylation is 1. The smallest absolute Gasteiger partial charge is 0.193 e. The van der Waals surface area contributed by atoms with Crippen LogP contribution in [-0.2, 0) is 17.8 Å². The van der Waals surface area contributed by atoms with E-state index in [0.717, 1.165) is 63.0 Å². The molecular weight excluding hydrogens is 390 g/mol. The predicted octanol–water partition coefficient (Wildman–Crippen LogP) is 3.75. The summed E-state index contributed by atoms with van der Waals surface area (Å²) in [7, 11) is 5.19. The van der Waals surface area contributed by atoms with Gasteiger partial charge in [-0.25, -0.2) is 0 Å². The first-order chi connectivity index (χ1) is 15.2. The van der Waals surface area contributed by atoms with Gasteiger partial charge in [0, 0.05) is 32.6 Å². The zero-order valence-electron chi connectivity index (χ0n) is 19.0. The highest BCUT2D eigenvalue weighted by Crippen LogP contribution is 2.27. The van der Waals surface area contributed by atoms with Crippen LogP contribution in [0, 0.1) is 5.92 Å². The van der Waals surface area contributed by atoms with E-state index in [0.29, 0.717) is 12.5 Å². The largest absolute Gasteiger partial charge is 0.493 e. The van der Waals surface area contributed by atoms with Gasteiger partial charge in [-0.15, -0.1) is 0 Å². The van der Waals surface area contributed by atoms with E-state index in [4.69, 9.17) is 14.2 Å². The van der Waals surface area contributed by atoms with Crippen molar-refractivity contribution in [3.8, 4) is 11.5 Å². The van der Waals surface area contributed by atoms with Crippen molar-refractivity contribution >= 4 is 5.96 Å². The van der Waals surface area contributed by atoms with Gasteiger partial charge in [-0.2, -0.15) is 0 Å². The van der Waals surface area contributed by atoms with Crippen LogP contribution in [-0.4, -0.2) is 58.4 Å². The van der Waals surface area contributed by atoms with Crippen molar-refractivity contribution in [3.63, 3.8) is 0 Å². The van der Waals surface area contributed by atoms with E-state index in [2.05, 4.69) is 45.5 Å². The molecule has 6 nitrogen and oxygen atoms in total. The second kappa shape index (κ2) is 12.2. The molecule has 1 atom stereocenters. The van der Waals surface area contributed by atoms with Crippen molar-refractivity contribution in [2.45, 2.75) is 25.9 Å². The van der Waals surface area contributed by atoms with Crippen LogP contribution in [0.15, 0.2) is 53.5 Å². The Labute approximate surface area is 186 Å². The summed E-state index contributed by atoms with van der Waals surface area (Å²) in [5.41, 5.74) is 2.47. The first-order valence-corrected chi connectivity index (χ1v) is 11.0. The minimum absolute atomic E-state index is 0.550. The number of likely N-dealkylation sites (tertiary alicyclic amines) is 1. The van der Waals surface area contributed by atoms with Gasteiger partial charge < -0.3 is 24.4 Å². The SMILES string of the molecule is CN=C(NCCCc1ccc(OC)c(OC)c1)N1CCC(COCc2ccccc2)C1. The number of nitrogens with one attached hydrogen (secondary N) is 1. The molecule has 1 unspecified atom stereocenters. The summed E-state index contributed by atoms with van der Waals surface area (Å²) < 4.78 is 16.6. The molecule has 0 radical (unpaired) electrons. The molecule has 0 aromatic heterocycles. The zero-order chi connectivity index (χ0) is 21.9. The number of aliphatic imine (C=N–C) groups is 1. The molecule has 2 aromatic carbocycles. The van der Waals surface area contributed by atoms with E-state index >= 15 is 0 Å². The maximum absolute atomic E-state index is 5.94. The Hall–Kier alpha value is -2.73. The normalized spacial score (nSPS) is 16.4. The standard InChI is InChI=1S/C25H35N3O3/c1-26-25(27-14-7-10-20-11-12-23(29-2)24(16-20)30-3)28-15-13-22(17-28)19-31-18-21-8-5-4-6-9-21/h4-6,8-9,11-12,16,22H,7,10,13-15,17-19H2,1-3H3,(H,26,27). The van der Waals surface area contributed by atoms with E-state index in [1.54, 1.807) is 14.2 Å². The third-order valence-electron chi connectivity index (χ3n) is 5.64. The molecule has 168 valence electrons. The number of hydrogen-bond acceptors (Lipinski definition) is 4. The molecule has 1 saturated heterocycles. The molecule has 1 fully saturated rings. The van der Waals surface area contributed by atoms with E-state index in [-0.39, 0.29) is 0 Å². The van der Waals surface area contributed by atoms with Crippen LogP contribution in [0.5, 0.6) is 11.5 Å². The maximum Gasteiger partial charge on any atom is 0.193 e. The van der Waals surface area contributed by atoms with E-state index in [1.807, 2.05) is 25.2 Å². The number of benzene rings is 2. The topological polar surface area (TPSA) is 55.3 Å². The highest BCUT2D eigenvalue weighted by Gasteiger charge is 2.24. The lowest BCUT2D eigenvalue weighted by Crippen LogP contribution is -2.40. The molecule has 1 N–H and O–H groups in total. The molecule has 0 saturated carbocycles. The van der Waals surface area contributed by atoms with Crippen molar-refractivity contribution in [1.29, 1.82) is 0 Å². The average molecular weight is 426 g/mol. The van der Waals surface area contributed by atoms with Crippen molar-refractivity contribution in [2.24, 2.45) is 10.9 Å². The lowest BCUT2D eigenvalue weighted by molar-refractivity contribution is 0.0907. The van der Waals surface area contributed by atoms with E-state index < -0.39 is 0 Å². The summed E-state index contributed by atoms with van der Waals surface area (Å²) in [5, 5.41) is 3.51. The quantitative estimate of drug-likeness (QED) is 0.357. The first-order valence-electron chi connectivity index (χ1n) is 11.0. The van der Waals surface area contributed by atoms with Gasteiger partial charge in [0.05, 0.1) is 27.4 Å². The predicted molar refractivity (Wildman–Crippen MR) is 125 cm³/mol. The average Bonchev–Trinajstić information content (AvgIpc) is 3.28. The van der Waals surface area contributed by atoms with Crippen LogP contribution in [0.1, 0.15) is 24.0 Å². The fourth-order valence-electron chi connectivity index (χ4n) is 3.94. The second-order valence-corrected chi connectivity index (χ2v) is 7.87. The molecule has 1 aliphatic rings. The van der Waals surface area contributed by atoms with Gasteiger partial charge in [0.2, 0.25) is 0 Å². The van der Waals surface area contributed by atoms with Crippen LogP contribution < -0.4 is 14.8 Å². The molecule has 1 heterocycles. The molecule has 3 rings (SSSR count). The van der Waals surface area contributed by atoms with Gasteiger partial charge in [-0.05, 0) is 42.5 Å². The molecular formula is C25H35N3O3. The molecule has 0 amide bonds. The Morgan fingerprint density at radius 1 is 1.06 bits per heavy atom. The van der Waals surface area contributed by atoms with Crippen LogP contribution in [0.4, 0.5) is 0 Å². The Bertz CT molecular complexity index is 826.